The summed E-state index contributed by atoms with van der Waals surface area (Å²) in [6.07, 6.45) is 46.1. The standard InChI is InChI=1S/C61H102O14/c1-3-5-7-9-11-13-15-17-19-21-22-23-24-25-26-27-28-29-30-32-34-36-38-40-42-44-53(63)73-50(47-70-45-43-41-39-37-35-33-31-20-18-16-14-12-10-8-6-4-2)48-71-60-59(69)57(67)55(65)52(75-60)49-72-61-58(68)56(66)54(64)51(46-62)74-61/h5,7,11,13,17-20,22-23,25-26,28-29,32,34,50-52,54-62,64-69H,3-4,6,8-10,12,14-16,21,24,27,30-31,33,35-49H2,1-2H3/b7-5-,13-11-,19-17-,20-18-,23-22-,26-25-,29-28-,34-32-. The first-order valence-corrected chi connectivity index (χ1v) is 28.8. The predicted octanol–water partition coefficient (Wildman–Crippen LogP) is 10.2. The van der Waals surface area contributed by atoms with E-state index >= 15 is 0 Å². The molecule has 14 heteroatoms. The highest BCUT2D eigenvalue weighted by atomic mass is 16.7. The van der Waals surface area contributed by atoms with Gasteiger partial charge in [0, 0.05) is 13.0 Å². The van der Waals surface area contributed by atoms with Gasteiger partial charge in [-0.2, -0.15) is 0 Å². The molecule has 75 heavy (non-hydrogen) atoms. The van der Waals surface area contributed by atoms with Gasteiger partial charge in [0.15, 0.2) is 12.6 Å². The van der Waals surface area contributed by atoms with E-state index in [1.165, 1.54) is 64.2 Å². The molecule has 2 aliphatic rings. The lowest BCUT2D eigenvalue weighted by molar-refractivity contribution is -0.332. The third-order valence-electron chi connectivity index (χ3n) is 13.1. The van der Waals surface area contributed by atoms with Crippen LogP contribution in [0.3, 0.4) is 0 Å². The molecule has 11 unspecified atom stereocenters. The van der Waals surface area contributed by atoms with Gasteiger partial charge in [0.1, 0.15) is 54.9 Å². The molecule has 0 spiro atoms. The summed E-state index contributed by atoms with van der Waals surface area (Å²) in [5.41, 5.74) is 0. The molecule has 0 aromatic carbocycles. The van der Waals surface area contributed by atoms with Gasteiger partial charge in [-0.1, -0.05) is 175 Å². The molecule has 0 aliphatic carbocycles. The Kier molecular flexibility index (Phi) is 42.6. The number of carbonyl (C=O) groups excluding carboxylic acids is 1. The Hall–Kier alpha value is -3.09. The smallest absolute Gasteiger partial charge is 0.306 e. The van der Waals surface area contributed by atoms with E-state index in [0.717, 1.165) is 89.9 Å². The van der Waals surface area contributed by atoms with Crippen molar-refractivity contribution in [1.29, 1.82) is 0 Å². The topological polar surface area (TPSA) is 214 Å². The fraction of sp³-hybridized carbons (Fsp3) is 0.721. The quantitative estimate of drug-likeness (QED) is 0.0172. The van der Waals surface area contributed by atoms with E-state index < -0.39 is 86.7 Å². The summed E-state index contributed by atoms with van der Waals surface area (Å²) in [5.74, 6) is -0.413. The van der Waals surface area contributed by atoms with Crippen molar-refractivity contribution < 1.29 is 69.0 Å². The van der Waals surface area contributed by atoms with Gasteiger partial charge in [-0.25, -0.2) is 0 Å². The summed E-state index contributed by atoms with van der Waals surface area (Å²) in [5, 5.41) is 72.3. The molecule has 7 N–H and O–H groups in total. The van der Waals surface area contributed by atoms with Crippen LogP contribution in [0.4, 0.5) is 0 Å². The number of carbonyl (C=O) groups is 1. The van der Waals surface area contributed by atoms with E-state index in [-0.39, 0.29) is 19.6 Å². The third kappa shape index (κ3) is 33.7. The molecule has 2 fully saturated rings. The fourth-order valence-corrected chi connectivity index (χ4v) is 8.44. The lowest BCUT2D eigenvalue weighted by Gasteiger charge is -2.42. The zero-order valence-electron chi connectivity index (χ0n) is 46.0. The highest BCUT2D eigenvalue weighted by molar-refractivity contribution is 5.69. The molecule has 14 nitrogen and oxygen atoms in total. The summed E-state index contributed by atoms with van der Waals surface area (Å²) in [7, 11) is 0. The molecular formula is C61H102O14. The Balaban J connectivity index is 1.75. The van der Waals surface area contributed by atoms with E-state index in [2.05, 4.69) is 111 Å². The van der Waals surface area contributed by atoms with E-state index in [9.17, 15) is 40.5 Å². The van der Waals surface area contributed by atoms with Crippen LogP contribution in [0.1, 0.15) is 181 Å². The number of esters is 1. The van der Waals surface area contributed by atoms with Crippen molar-refractivity contribution >= 4 is 5.97 Å². The Bertz CT molecular complexity index is 1610. The largest absolute Gasteiger partial charge is 0.457 e. The number of aliphatic hydroxyl groups excluding tert-OH is 7. The number of unbranched alkanes of at least 4 members (excludes halogenated alkanes) is 15. The van der Waals surface area contributed by atoms with Gasteiger partial charge in [-0.15, -0.1) is 0 Å². The maximum atomic E-state index is 13.1. The van der Waals surface area contributed by atoms with Crippen LogP contribution in [0.15, 0.2) is 97.2 Å². The van der Waals surface area contributed by atoms with Gasteiger partial charge in [0.05, 0.1) is 26.4 Å². The van der Waals surface area contributed by atoms with Gasteiger partial charge in [0.2, 0.25) is 0 Å². The zero-order valence-corrected chi connectivity index (χ0v) is 46.0. The minimum absolute atomic E-state index is 0.0377. The number of hydrogen-bond donors (Lipinski definition) is 7. The average molecular weight is 1060 g/mol. The number of ether oxygens (including phenoxy) is 6. The van der Waals surface area contributed by atoms with E-state index in [0.29, 0.717) is 13.0 Å². The van der Waals surface area contributed by atoms with Crippen LogP contribution < -0.4 is 0 Å². The second-order valence-electron chi connectivity index (χ2n) is 19.7. The summed E-state index contributed by atoms with van der Waals surface area (Å²) in [4.78, 5) is 13.1. The van der Waals surface area contributed by atoms with Gasteiger partial charge in [-0.3, -0.25) is 4.79 Å². The van der Waals surface area contributed by atoms with Crippen LogP contribution in [0.25, 0.3) is 0 Å². The number of allylic oxidation sites excluding steroid dienone is 16. The molecule has 0 aromatic heterocycles. The van der Waals surface area contributed by atoms with E-state index in [4.69, 9.17) is 28.4 Å². The Morgan fingerprint density at radius 1 is 0.453 bits per heavy atom. The number of aliphatic hydroxyl groups is 7. The first-order chi connectivity index (χ1) is 36.6. The molecule has 11 atom stereocenters. The normalized spacial score (nSPS) is 25.3. The van der Waals surface area contributed by atoms with Crippen LogP contribution in [0.5, 0.6) is 0 Å². The number of rotatable bonds is 45. The summed E-state index contributed by atoms with van der Waals surface area (Å²) >= 11 is 0. The van der Waals surface area contributed by atoms with Gasteiger partial charge < -0.3 is 64.2 Å². The third-order valence-corrected chi connectivity index (χ3v) is 13.1. The van der Waals surface area contributed by atoms with Crippen molar-refractivity contribution in [1.82, 2.24) is 0 Å². The van der Waals surface area contributed by atoms with E-state index in [1.54, 1.807) is 0 Å². The molecule has 0 saturated carbocycles. The van der Waals surface area contributed by atoms with Crippen molar-refractivity contribution in [2.75, 3.05) is 33.0 Å². The lowest BCUT2D eigenvalue weighted by atomic mass is 9.98. The Labute approximate surface area is 452 Å². The molecule has 2 aliphatic heterocycles. The first kappa shape index (κ1) is 68.0. The summed E-state index contributed by atoms with van der Waals surface area (Å²) in [6.45, 7) is 3.50. The summed E-state index contributed by atoms with van der Waals surface area (Å²) < 4.78 is 34.3. The van der Waals surface area contributed by atoms with Crippen LogP contribution in [0.2, 0.25) is 0 Å². The predicted molar refractivity (Wildman–Crippen MR) is 298 cm³/mol. The summed E-state index contributed by atoms with van der Waals surface area (Å²) in [6, 6.07) is 0. The molecule has 0 bridgehead atoms. The first-order valence-electron chi connectivity index (χ1n) is 28.8. The van der Waals surface area contributed by atoms with Crippen LogP contribution >= 0.6 is 0 Å². The second-order valence-corrected chi connectivity index (χ2v) is 19.7. The van der Waals surface area contributed by atoms with Crippen LogP contribution in [0, 0.1) is 0 Å². The van der Waals surface area contributed by atoms with Crippen molar-refractivity contribution in [2.45, 2.75) is 248 Å². The second kappa shape index (κ2) is 47.0. The molecule has 0 radical (unpaired) electrons. The Morgan fingerprint density at radius 3 is 1.37 bits per heavy atom. The number of hydrogen-bond acceptors (Lipinski definition) is 14. The minimum Gasteiger partial charge on any atom is -0.457 e. The van der Waals surface area contributed by atoms with E-state index in [1.807, 2.05) is 0 Å². The van der Waals surface area contributed by atoms with Crippen molar-refractivity contribution in [3.8, 4) is 0 Å². The van der Waals surface area contributed by atoms with Gasteiger partial charge >= 0.3 is 5.97 Å². The van der Waals surface area contributed by atoms with Gasteiger partial charge in [-0.05, 0) is 96.3 Å². The Morgan fingerprint density at radius 2 is 0.867 bits per heavy atom. The molecule has 2 rings (SSSR count). The monoisotopic (exact) mass is 1060 g/mol. The fourth-order valence-electron chi connectivity index (χ4n) is 8.44. The lowest BCUT2D eigenvalue weighted by Crippen LogP contribution is -2.61. The molecule has 2 saturated heterocycles. The average Bonchev–Trinajstić information content (AvgIpc) is 3.41. The minimum atomic E-state index is -1.72. The molecule has 0 amide bonds. The molecule has 0 aromatic rings. The molecular weight excluding hydrogens is 957 g/mol. The maximum absolute atomic E-state index is 13.1. The van der Waals surface area contributed by atoms with Crippen LogP contribution in [-0.2, 0) is 33.2 Å². The maximum Gasteiger partial charge on any atom is 0.306 e. The van der Waals surface area contributed by atoms with Gasteiger partial charge in [0.25, 0.3) is 0 Å². The SMILES string of the molecule is CC/C=C\C/C=C\C/C=C\C/C=C\C/C=C\C/C=C\C/C=C\CCCCCC(=O)OC(COCCCCCCCC/C=C\CCCCCCCC)COC1OC(COC2OC(CO)C(O)C(O)C2O)C(O)C(O)C1O. The van der Waals surface area contributed by atoms with Crippen molar-refractivity contribution in [2.24, 2.45) is 0 Å². The zero-order chi connectivity index (χ0) is 54.4. The van der Waals surface area contributed by atoms with Crippen molar-refractivity contribution in [3.05, 3.63) is 97.2 Å². The molecule has 2 heterocycles. The molecule has 430 valence electrons. The van der Waals surface area contributed by atoms with Crippen molar-refractivity contribution in [3.63, 3.8) is 0 Å². The van der Waals surface area contributed by atoms with Crippen LogP contribution in [-0.4, -0.2) is 142 Å². The highest BCUT2D eigenvalue weighted by Gasteiger charge is 2.47. The highest BCUT2D eigenvalue weighted by Crippen LogP contribution is 2.26.